The lowest BCUT2D eigenvalue weighted by atomic mass is 10.1. The Bertz CT molecular complexity index is 704. The second-order valence-corrected chi connectivity index (χ2v) is 5.64. The summed E-state index contributed by atoms with van der Waals surface area (Å²) in [7, 11) is 0. The first kappa shape index (κ1) is 15.6. The number of H-pyrrole nitrogens is 1. The third kappa shape index (κ3) is 3.67. The molecule has 1 aromatic carbocycles. The molecule has 0 fully saturated rings. The maximum atomic E-state index is 12.0. The summed E-state index contributed by atoms with van der Waals surface area (Å²) >= 11 is 1.46. The van der Waals surface area contributed by atoms with Crippen molar-refractivity contribution in [3.63, 3.8) is 0 Å². The number of aromatic nitrogens is 2. The molecule has 0 aliphatic heterocycles. The molecule has 2 aromatic rings. The first-order valence-corrected chi connectivity index (χ1v) is 8.33. The summed E-state index contributed by atoms with van der Waals surface area (Å²) in [6, 6.07) is 10.2. The normalized spacial score (nSPS) is 10.8. The van der Waals surface area contributed by atoms with E-state index in [1.165, 1.54) is 17.3 Å². The van der Waals surface area contributed by atoms with Gasteiger partial charge in [0.2, 0.25) is 0 Å². The molecule has 4 nitrogen and oxygen atoms in total. The third-order valence-corrected chi connectivity index (χ3v) is 4.33. The van der Waals surface area contributed by atoms with E-state index in [2.05, 4.69) is 17.1 Å². The number of thioether (sulfide) groups is 1. The van der Waals surface area contributed by atoms with Gasteiger partial charge in [0.05, 0.1) is 5.03 Å². The summed E-state index contributed by atoms with van der Waals surface area (Å²) in [6.45, 7) is 2.55. The lowest BCUT2D eigenvalue weighted by Gasteiger charge is -2.13. The van der Waals surface area contributed by atoms with Gasteiger partial charge >= 0.3 is 5.69 Å². The van der Waals surface area contributed by atoms with E-state index in [9.17, 15) is 9.59 Å². The van der Waals surface area contributed by atoms with Crippen molar-refractivity contribution < 1.29 is 0 Å². The molecule has 0 saturated heterocycles. The number of benzene rings is 1. The molecule has 0 spiro atoms. The molecule has 0 atom stereocenters. The van der Waals surface area contributed by atoms with E-state index in [0.29, 0.717) is 18.5 Å². The average molecular weight is 304 g/mol. The number of aromatic amines is 1. The summed E-state index contributed by atoms with van der Waals surface area (Å²) in [5, 5.41) is 0.791. The number of nitrogens with zero attached hydrogens (tertiary/aromatic N) is 1. The van der Waals surface area contributed by atoms with Gasteiger partial charge in [0.15, 0.2) is 0 Å². The van der Waals surface area contributed by atoms with Crippen LogP contribution in [0.3, 0.4) is 0 Å². The molecule has 0 radical (unpaired) electrons. The molecule has 0 aliphatic carbocycles. The monoisotopic (exact) mass is 304 g/mol. The number of nitrogens with one attached hydrogen (secondary N) is 1. The van der Waals surface area contributed by atoms with Crippen molar-refractivity contribution in [3.8, 4) is 0 Å². The number of hydrogen-bond donors (Lipinski definition) is 1. The minimum absolute atomic E-state index is 0.258. The van der Waals surface area contributed by atoms with Crippen LogP contribution < -0.4 is 11.2 Å². The van der Waals surface area contributed by atoms with E-state index in [1.54, 1.807) is 4.57 Å². The average Bonchev–Trinajstić information content (AvgIpc) is 2.50. The molecule has 0 saturated carbocycles. The molecule has 0 bridgehead atoms. The Morgan fingerprint density at radius 3 is 2.52 bits per heavy atom. The predicted molar refractivity (Wildman–Crippen MR) is 87.2 cm³/mol. The first-order chi connectivity index (χ1) is 10.2. The van der Waals surface area contributed by atoms with Crippen LogP contribution in [0.2, 0.25) is 0 Å². The SMILES string of the molecule is CCc1c(SC)n(CCCc2ccccc2)c(=O)[nH]c1=O. The molecule has 1 N–H and O–H groups in total. The summed E-state index contributed by atoms with van der Waals surface area (Å²) in [4.78, 5) is 26.3. The number of rotatable bonds is 6. The van der Waals surface area contributed by atoms with E-state index >= 15 is 0 Å². The minimum atomic E-state index is -0.311. The highest BCUT2D eigenvalue weighted by atomic mass is 32.2. The molecular formula is C16H20N2O2S. The van der Waals surface area contributed by atoms with Gasteiger partial charge in [-0.2, -0.15) is 0 Å². The van der Waals surface area contributed by atoms with Crippen molar-refractivity contribution in [2.45, 2.75) is 37.8 Å². The fourth-order valence-corrected chi connectivity index (χ4v) is 3.30. The summed E-state index contributed by atoms with van der Waals surface area (Å²) in [5.41, 5.74) is 1.39. The number of hydrogen-bond acceptors (Lipinski definition) is 3. The Morgan fingerprint density at radius 2 is 1.90 bits per heavy atom. The minimum Gasteiger partial charge on any atom is -0.288 e. The second kappa shape index (κ2) is 7.31. The van der Waals surface area contributed by atoms with Gasteiger partial charge in [-0.05, 0) is 31.1 Å². The van der Waals surface area contributed by atoms with Crippen molar-refractivity contribution in [2.24, 2.45) is 0 Å². The molecule has 1 heterocycles. The Hall–Kier alpha value is -1.75. The van der Waals surface area contributed by atoms with E-state index in [4.69, 9.17) is 0 Å². The molecule has 0 unspecified atom stereocenters. The third-order valence-electron chi connectivity index (χ3n) is 3.48. The van der Waals surface area contributed by atoms with Crippen LogP contribution in [0.1, 0.15) is 24.5 Å². The van der Waals surface area contributed by atoms with Gasteiger partial charge in [0, 0.05) is 12.1 Å². The van der Waals surface area contributed by atoms with Crippen LogP contribution in [0.4, 0.5) is 0 Å². The van der Waals surface area contributed by atoms with Crippen molar-refractivity contribution in [2.75, 3.05) is 6.26 Å². The smallest absolute Gasteiger partial charge is 0.288 e. The largest absolute Gasteiger partial charge is 0.329 e. The van der Waals surface area contributed by atoms with Crippen LogP contribution in [-0.4, -0.2) is 15.8 Å². The van der Waals surface area contributed by atoms with E-state index < -0.39 is 0 Å². The second-order valence-electron chi connectivity index (χ2n) is 4.84. The Labute approximate surface area is 128 Å². The van der Waals surface area contributed by atoms with Gasteiger partial charge in [-0.25, -0.2) is 4.79 Å². The highest BCUT2D eigenvalue weighted by Crippen LogP contribution is 2.17. The lowest BCUT2D eigenvalue weighted by molar-refractivity contribution is 0.551. The van der Waals surface area contributed by atoms with Crippen molar-refractivity contribution >= 4 is 11.8 Å². The predicted octanol–water partition coefficient (Wildman–Crippen LogP) is 2.45. The Morgan fingerprint density at radius 1 is 1.19 bits per heavy atom. The standard InChI is InChI=1S/C16H20N2O2S/c1-3-13-14(19)17-16(20)18(15(13)21-2)11-7-10-12-8-5-4-6-9-12/h4-6,8-9H,3,7,10-11H2,1-2H3,(H,17,19,20). The maximum Gasteiger partial charge on any atom is 0.329 e. The van der Waals surface area contributed by atoms with Crippen molar-refractivity contribution in [1.82, 2.24) is 9.55 Å². The van der Waals surface area contributed by atoms with Crippen LogP contribution in [-0.2, 0) is 19.4 Å². The lowest BCUT2D eigenvalue weighted by Crippen LogP contribution is -2.34. The Kier molecular flexibility index (Phi) is 5.44. The van der Waals surface area contributed by atoms with Crippen LogP contribution in [0.15, 0.2) is 44.9 Å². The van der Waals surface area contributed by atoms with Crippen LogP contribution in [0.25, 0.3) is 0 Å². The topological polar surface area (TPSA) is 54.9 Å². The number of aryl methyl sites for hydroxylation is 1. The van der Waals surface area contributed by atoms with E-state index in [1.807, 2.05) is 31.4 Å². The van der Waals surface area contributed by atoms with Crippen LogP contribution in [0.5, 0.6) is 0 Å². The first-order valence-electron chi connectivity index (χ1n) is 7.11. The van der Waals surface area contributed by atoms with Gasteiger partial charge in [-0.1, -0.05) is 37.3 Å². The molecular weight excluding hydrogens is 284 g/mol. The highest BCUT2D eigenvalue weighted by molar-refractivity contribution is 7.98. The van der Waals surface area contributed by atoms with E-state index in [-0.39, 0.29) is 11.2 Å². The Balaban J connectivity index is 2.20. The fourth-order valence-electron chi connectivity index (χ4n) is 2.43. The molecule has 5 heteroatoms. The maximum absolute atomic E-state index is 12.0. The van der Waals surface area contributed by atoms with Crippen LogP contribution in [0, 0.1) is 0 Å². The van der Waals surface area contributed by atoms with Crippen LogP contribution >= 0.6 is 11.8 Å². The quantitative estimate of drug-likeness (QED) is 0.659. The van der Waals surface area contributed by atoms with Gasteiger partial charge in [-0.3, -0.25) is 14.3 Å². The van der Waals surface area contributed by atoms with Gasteiger partial charge in [0.1, 0.15) is 0 Å². The highest BCUT2D eigenvalue weighted by Gasteiger charge is 2.12. The summed E-state index contributed by atoms with van der Waals surface area (Å²) in [6.07, 6.45) is 4.32. The van der Waals surface area contributed by atoms with Crippen molar-refractivity contribution in [1.29, 1.82) is 0 Å². The van der Waals surface area contributed by atoms with Crippen molar-refractivity contribution in [3.05, 3.63) is 62.3 Å². The molecule has 1 aromatic heterocycles. The zero-order chi connectivity index (χ0) is 15.2. The fraction of sp³-hybridized carbons (Fsp3) is 0.375. The van der Waals surface area contributed by atoms with E-state index in [0.717, 1.165) is 17.9 Å². The zero-order valence-electron chi connectivity index (χ0n) is 12.4. The molecule has 0 aliphatic rings. The molecule has 0 amide bonds. The molecule has 2 rings (SSSR count). The molecule has 112 valence electrons. The van der Waals surface area contributed by atoms with Gasteiger partial charge in [0.25, 0.3) is 5.56 Å². The molecule has 21 heavy (non-hydrogen) atoms. The summed E-state index contributed by atoms with van der Waals surface area (Å²) in [5.74, 6) is 0. The van der Waals surface area contributed by atoms with Gasteiger partial charge < -0.3 is 0 Å². The van der Waals surface area contributed by atoms with Gasteiger partial charge in [-0.15, -0.1) is 11.8 Å². The summed E-state index contributed by atoms with van der Waals surface area (Å²) < 4.78 is 1.69. The zero-order valence-corrected chi connectivity index (χ0v) is 13.2.